The standard InChI is InChI=1S/C13H19NO3/c1-2-3-4-5-6-7-8-10(15)11-9-12(17-11)13(14)16/h2-3,5-6,11-12H,4,7-9H2,1H3,(H2,14,16)/b3-2+,6-5+. The Morgan fingerprint density at radius 1 is 1.29 bits per heavy atom. The summed E-state index contributed by atoms with van der Waals surface area (Å²) in [6, 6.07) is 0. The summed E-state index contributed by atoms with van der Waals surface area (Å²) in [6.45, 7) is 1.97. The van der Waals surface area contributed by atoms with Crippen LogP contribution in [0.4, 0.5) is 0 Å². The maximum Gasteiger partial charge on any atom is 0.246 e. The first-order valence-corrected chi connectivity index (χ1v) is 5.88. The van der Waals surface area contributed by atoms with Crippen LogP contribution >= 0.6 is 0 Å². The molecule has 1 fully saturated rings. The van der Waals surface area contributed by atoms with E-state index in [9.17, 15) is 9.59 Å². The Labute approximate surface area is 102 Å². The fraction of sp³-hybridized carbons (Fsp3) is 0.538. The van der Waals surface area contributed by atoms with E-state index in [1.807, 2.05) is 31.2 Å². The van der Waals surface area contributed by atoms with Crippen LogP contribution in [0.2, 0.25) is 0 Å². The Morgan fingerprint density at radius 3 is 2.59 bits per heavy atom. The third-order valence-electron chi connectivity index (χ3n) is 2.67. The summed E-state index contributed by atoms with van der Waals surface area (Å²) >= 11 is 0. The van der Waals surface area contributed by atoms with Crippen LogP contribution in [-0.2, 0) is 14.3 Å². The van der Waals surface area contributed by atoms with Crippen molar-refractivity contribution in [2.24, 2.45) is 5.73 Å². The maximum atomic E-state index is 11.6. The second kappa shape index (κ2) is 7.01. The lowest BCUT2D eigenvalue weighted by atomic mass is 9.98. The van der Waals surface area contributed by atoms with Crippen molar-refractivity contribution in [3.8, 4) is 0 Å². The number of primary amides is 1. The molecule has 1 rings (SSSR count). The van der Waals surface area contributed by atoms with Crippen molar-refractivity contribution in [2.45, 2.75) is 44.8 Å². The third-order valence-corrected chi connectivity index (χ3v) is 2.67. The molecule has 4 nitrogen and oxygen atoms in total. The van der Waals surface area contributed by atoms with Crippen molar-refractivity contribution in [1.82, 2.24) is 0 Å². The van der Waals surface area contributed by atoms with E-state index in [-0.39, 0.29) is 5.78 Å². The van der Waals surface area contributed by atoms with Crippen molar-refractivity contribution in [2.75, 3.05) is 0 Å². The number of hydrogen-bond donors (Lipinski definition) is 1. The van der Waals surface area contributed by atoms with Crippen LogP contribution in [0.15, 0.2) is 24.3 Å². The van der Waals surface area contributed by atoms with Gasteiger partial charge in [-0.1, -0.05) is 24.3 Å². The molecule has 0 saturated carbocycles. The number of nitrogens with two attached hydrogens (primary N) is 1. The van der Waals surface area contributed by atoms with Gasteiger partial charge in [0.25, 0.3) is 0 Å². The molecule has 0 radical (unpaired) electrons. The van der Waals surface area contributed by atoms with Gasteiger partial charge in [0, 0.05) is 12.8 Å². The average molecular weight is 237 g/mol. The van der Waals surface area contributed by atoms with Crippen molar-refractivity contribution in [3.63, 3.8) is 0 Å². The summed E-state index contributed by atoms with van der Waals surface area (Å²) in [5.74, 6) is -0.432. The van der Waals surface area contributed by atoms with Crippen LogP contribution in [-0.4, -0.2) is 23.9 Å². The number of carbonyl (C=O) groups excluding carboxylic acids is 2. The van der Waals surface area contributed by atoms with E-state index in [0.29, 0.717) is 12.8 Å². The summed E-state index contributed by atoms with van der Waals surface area (Å²) in [4.78, 5) is 22.2. The fourth-order valence-electron chi connectivity index (χ4n) is 1.59. The maximum absolute atomic E-state index is 11.6. The fourth-order valence-corrected chi connectivity index (χ4v) is 1.59. The SMILES string of the molecule is C/C=C/C/C=C/CCC(=O)C1CC(C(N)=O)O1. The van der Waals surface area contributed by atoms with E-state index >= 15 is 0 Å². The van der Waals surface area contributed by atoms with Gasteiger partial charge in [-0.3, -0.25) is 9.59 Å². The van der Waals surface area contributed by atoms with E-state index in [4.69, 9.17) is 10.5 Å². The van der Waals surface area contributed by atoms with Crippen molar-refractivity contribution in [1.29, 1.82) is 0 Å². The third kappa shape index (κ3) is 4.53. The number of allylic oxidation sites excluding steroid dienone is 4. The smallest absolute Gasteiger partial charge is 0.246 e. The van der Waals surface area contributed by atoms with Gasteiger partial charge in [-0.05, 0) is 19.8 Å². The number of carbonyl (C=O) groups is 2. The number of Topliss-reactive ketones (excluding diaryl/α,β-unsaturated/α-hetero) is 1. The Balaban J connectivity index is 2.11. The quantitative estimate of drug-likeness (QED) is 0.682. The summed E-state index contributed by atoms with van der Waals surface area (Å²) in [5, 5.41) is 0. The highest BCUT2D eigenvalue weighted by Gasteiger charge is 2.38. The van der Waals surface area contributed by atoms with E-state index in [1.165, 1.54) is 0 Å². The van der Waals surface area contributed by atoms with Gasteiger partial charge in [-0.25, -0.2) is 0 Å². The lowest BCUT2D eigenvalue weighted by Gasteiger charge is -2.32. The predicted octanol–water partition coefficient (Wildman–Crippen LogP) is 1.50. The van der Waals surface area contributed by atoms with Crippen LogP contribution in [0.5, 0.6) is 0 Å². The monoisotopic (exact) mass is 237 g/mol. The number of hydrogen-bond acceptors (Lipinski definition) is 3. The van der Waals surface area contributed by atoms with Crippen LogP contribution < -0.4 is 5.73 Å². The zero-order valence-electron chi connectivity index (χ0n) is 10.1. The Hall–Kier alpha value is -1.42. The van der Waals surface area contributed by atoms with Gasteiger partial charge in [0.2, 0.25) is 5.91 Å². The average Bonchev–Trinajstić information content (AvgIpc) is 2.20. The molecule has 17 heavy (non-hydrogen) atoms. The summed E-state index contributed by atoms with van der Waals surface area (Å²) < 4.78 is 5.10. The van der Waals surface area contributed by atoms with Gasteiger partial charge in [0.05, 0.1) is 0 Å². The minimum absolute atomic E-state index is 0.0539. The normalized spacial score (nSPS) is 24.1. The van der Waals surface area contributed by atoms with E-state index in [2.05, 4.69) is 0 Å². The van der Waals surface area contributed by atoms with Crippen molar-refractivity contribution >= 4 is 11.7 Å². The zero-order chi connectivity index (χ0) is 12.7. The first kappa shape index (κ1) is 13.6. The molecule has 1 saturated heterocycles. The molecule has 1 amide bonds. The molecule has 0 spiro atoms. The second-order valence-electron chi connectivity index (χ2n) is 4.03. The van der Waals surface area contributed by atoms with Gasteiger partial charge in [0.15, 0.2) is 5.78 Å². The van der Waals surface area contributed by atoms with Crippen LogP contribution in [0, 0.1) is 0 Å². The highest BCUT2D eigenvalue weighted by molar-refractivity contribution is 5.88. The van der Waals surface area contributed by atoms with Crippen LogP contribution in [0.3, 0.4) is 0 Å². The van der Waals surface area contributed by atoms with Gasteiger partial charge >= 0.3 is 0 Å². The summed E-state index contributed by atoms with van der Waals surface area (Å²) in [5.41, 5.74) is 5.04. The van der Waals surface area contributed by atoms with Gasteiger partial charge in [-0.15, -0.1) is 0 Å². The zero-order valence-corrected chi connectivity index (χ0v) is 10.1. The molecule has 2 unspecified atom stereocenters. The highest BCUT2D eigenvalue weighted by Crippen LogP contribution is 2.22. The molecule has 4 heteroatoms. The van der Waals surface area contributed by atoms with E-state index in [1.54, 1.807) is 0 Å². The van der Waals surface area contributed by atoms with Crippen LogP contribution in [0.1, 0.15) is 32.6 Å². The molecule has 2 atom stereocenters. The van der Waals surface area contributed by atoms with Crippen molar-refractivity contribution in [3.05, 3.63) is 24.3 Å². The predicted molar refractivity (Wildman–Crippen MR) is 65.3 cm³/mol. The Bertz CT molecular complexity index is 328. The lowest BCUT2D eigenvalue weighted by Crippen LogP contribution is -2.49. The van der Waals surface area contributed by atoms with E-state index < -0.39 is 18.1 Å². The lowest BCUT2D eigenvalue weighted by molar-refractivity contribution is -0.168. The summed E-state index contributed by atoms with van der Waals surface area (Å²) in [6.07, 6.45) is 9.59. The number of ether oxygens (including phenoxy) is 1. The van der Waals surface area contributed by atoms with Crippen LogP contribution in [0.25, 0.3) is 0 Å². The molecule has 0 aromatic heterocycles. The highest BCUT2D eigenvalue weighted by atomic mass is 16.5. The number of ketones is 1. The topological polar surface area (TPSA) is 69.4 Å². The second-order valence-corrected chi connectivity index (χ2v) is 4.03. The molecule has 2 N–H and O–H groups in total. The minimum atomic E-state index is -0.561. The van der Waals surface area contributed by atoms with Crippen molar-refractivity contribution < 1.29 is 14.3 Å². The molecule has 0 bridgehead atoms. The molecule has 94 valence electrons. The molecule has 1 aliphatic heterocycles. The molecule has 0 aromatic rings. The molecule has 1 aliphatic rings. The van der Waals surface area contributed by atoms with Gasteiger partial charge in [0.1, 0.15) is 12.2 Å². The number of rotatable bonds is 7. The van der Waals surface area contributed by atoms with E-state index in [0.717, 1.165) is 12.8 Å². The molecule has 0 aromatic carbocycles. The number of amides is 1. The molecular weight excluding hydrogens is 218 g/mol. The molecular formula is C13H19NO3. The Kier molecular flexibility index (Phi) is 5.63. The molecule has 0 aliphatic carbocycles. The van der Waals surface area contributed by atoms with Gasteiger partial charge in [-0.2, -0.15) is 0 Å². The summed E-state index contributed by atoms with van der Waals surface area (Å²) in [7, 11) is 0. The molecule has 1 heterocycles. The first-order chi connectivity index (χ1) is 8.15. The first-order valence-electron chi connectivity index (χ1n) is 5.88. The Morgan fingerprint density at radius 2 is 2.00 bits per heavy atom. The minimum Gasteiger partial charge on any atom is -0.367 e. The van der Waals surface area contributed by atoms with Gasteiger partial charge < -0.3 is 10.5 Å². The largest absolute Gasteiger partial charge is 0.367 e.